The molecular formula is C12H22N2OS2. The first-order valence-electron chi connectivity index (χ1n) is 6.42. The molecule has 0 aromatic heterocycles. The highest BCUT2D eigenvalue weighted by molar-refractivity contribution is 8.07. The fourth-order valence-electron chi connectivity index (χ4n) is 2.58. The van der Waals surface area contributed by atoms with Crippen LogP contribution in [0.2, 0.25) is 0 Å². The van der Waals surface area contributed by atoms with Crippen molar-refractivity contribution in [2.75, 3.05) is 30.3 Å². The topological polar surface area (TPSA) is 46.3 Å². The third kappa shape index (κ3) is 3.32. The van der Waals surface area contributed by atoms with Gasteiger partial charge in [-0.05, 0) is 18.8 Å². The number of nitrogens with two attached hydrogens (primary N) is 1. The summed E-state index contributed by atoms with van der Waals surface area (Å²) in [5.41, 5.74) is 5.82. The van der Waals surface area contributed by atoms with Crippen molar-refractivity contribution >= 4 is 29.4 Å². The maximum absolute atomic E-state index is 12.5. The predicted molar refractivity (Wildman–Crippen MR) is 76.5 cm³/mol. The van der Waals surface area contributed by atoms with Gasteiger partial charge in [-0.2, -0.15) is 11.8 Å². The highest BCUT2D eigenvalue weighted by Gasteiger charge is 2.33. The van der Waals surface area contributed by atoms with E-state index in [2.05, 4.69) is 11.8 Å². The van der Waals surface area contributed by atoms with E-state index in [1.165, 1.54) is 5.75 Å². The van der Waals surface area contributed by atoms with Crippen LogP contribution in [0.5, 0.6) is 0 Å². The summed E-state index contributed by atoms with van der Waals surface area (Å²) in [5.74, 6) is 4.32. The molecule has 0 aromatic carbocycles. The summed E-state index contributed by atoms with van der Waals surface area (Å²) in [5, 5.41) is 0.177. The van der Waals surface area contributed by atoms with E-state index in [0.29, 0.717) is 18.4 Å². The van der Waals surface area contributed by atoms with Crippen LogP contribution in [0.3, 0.4) is 0 Å². The Kier molecular flexibility index (Phi) is 5.06. The highest BCUT2D eigenvalue weighted by atomic mass is 32.2. The number of likely N-dealkylation sites (tertiary alicyclic amines) is 1. The second-order valence-electron chi connectivity index (χ2n) is 4.99. The Bertz CT molecular complexity index is 269. The van der Waals surface area contributed by atoms with Gasteiger partial charge in [0.1, 0.15) is 0 Å². The zero-order chi connectivity index (χ0) is 12.3. The Hall–Kier alpha value is 0.130. The molecule has 0 saturated carbocycles. The van der Waals surface area contributed by atoms with Gasteiger partial charge in [0.15, 0.2) is 0 Å². The number of thioether (sulfide) groups is 2. The maximum atomic E-state index is 12.5. The summed E-state index contributed by atoms with van der Waals surface area (Å²) < 4.78 is 0. The first kappa shape index (κ1) is 13.6. The van der Waals surface area contributed by atoms with E-state index in [1.54, 1.807) is 0 Å². The monoisotopic (exact) mass is 274 g/mol. The van der Waals surface area contributed by atoms with E-state index in [-0.39, 0.29) is 11.3 Å². The summed E-state index contributed by atoms with van der Waals surface area (Å²) in [6.07, 6.45) is 2.21. The number of amides is 1. The van der Waals surface area contributed by atoms with Crippen molar-refractivity contribution in [3.63, 3.8) is 0 Å². The number of carbonyl (C=O) groups is 1. The van der Waals surface area contributed by atoms with Crippen LogP contribution in [-0.2, 0) is 4.79 Å². The molecule has 17 heavy (non-hydrogen) atoms. The lowest BCUT2D eigenvalue weighted by Gasteiger charge is -2.40. The van der Waals surface area contributed by atoms with Gasteiger partial charge in [-0.15, -0.1) is 11.8 Å². The quantitative estimate of drug-likeness (QED) is 0.827. The Labute approximate surface area is 112 Å². The van der Waals surface area contributed by atoms with Crippen LogP contribution in [0.1, 0.15) is 19.8 Å². The summed E-state index contributed by atoms with van der Waals surface area (Å²) in [6.45, 7) is 3.78. The van der Waals surface area contributed by atoms with Gasteiger partial charge in [-0.3, -0.25) is 4.79 Å². The molecule has 0 spiro atoms. The van der Waals surface area contributed by atoms with Gasteiger partial charge in [0.25, 0.3) is 0 Å². The molecule has 3 atom stereocenters. The lowest BCUT2D eigenvalue weighted by atomic mass is 9.92. The molecule has 0 aliphatic carbocycles. The molecule has 2 heterocycles. The molecule has 0 radical (unpaired) electrons. The second kappa shape index (κ2) is 6.34. The molecule has 0 bridgehead atoms. The summed E-state index contributed by atoms with van der Waals surface area (Å²) >= 11 is 3.73. The zero-order valence-electron chi connectivity index (χ0n) is 10.4. The van der Waals surface area contributed by atoms with Crippen molar-refractivity contribution in [2.24, 2.45) is 11.7 Å². The van der Waals surface area contributed by atoms with Crippen molar-refractivity contribution < 1.29 is 4.79 Å². The van der Waals surface area contributed by atoms with Crippen LogP contribution >= 0.6 is 23.5 Å². The predicted octanol–water partition coefficient (Wildman–Crippen LogP) is 1.42. The first-order valence-corrected chi connectivity index (χ1v) is 8.62. The van der Waals surface area contributed by atoms with Crippen molar-refractivity contribution in [3.05, 3.63) is 0 Å². The van der Waals surface area contributed by atoms with Gasteiger partial charge in [0.05, 0.1) is 5.25 Å². The largest absolute Gasteiger partial charge is 0.337 e. The SMILES string of the molecule is CC1CCN(C(=O)C2CSCCS2)C(CN)C1. The summed E-state index contributed by atoms with van der Waals surface area (Å²) in [7, 11) is 0. The molecule has 2 N–H and O–H groups in total. The van der Waals surface area contributed by atoms with Gasteiger partial charge in [-0.1, -0.05) is 6.92 Å². The van der Waals surface area contributed by atoms with Gasteiger partial charge in [0.2, 0.25) is 5.91 Å². The zero-order valence-corrected chi connectivity index (χ0v) is 12.1. The van der Waals surface area contributed by atoms with Crippen molar-refractivity contribution in [1.82, 2.24) is 4.90 Å². The number of carbonyl (C=O) groups excluding carboxylic acids is 1. The van der Waals surface area contributed by atoms with Gasteiger partial charge in [0, 0.05) is 36.4 Å². The molecule has 2 aliphatic heterocycles. The molecule has 3 nitrogen and oxygen atoms in total. The molecule has 3 unspecified atom stereocenters. The average Bonchev–Trinajstić information content (AvgIpc) is 2.39. The molecule has 0 aromatic rings. The molecule has 98 valence electrons. The smallest absolute Gasteiger partial charge is 0.236 e. The van der Waals surface area contributed by atoms with Gasteiger partial charge in [-0.25, -0.2) is 0 Å². The molecule has 5 heteroatoms. The number of hydrogen-bond acceptors (Lipinski definition) is 4. The number of rotatable bonds is 2. The van der Waals surface area contributed by atoms with Gasteiger partial charge >= 0.3 is 0 Å². The fourth-order valence-corrected chi connectivity index (χ4v) is 5.20. The lowest BCUT2D eigenvalue weighted by molar-refractivity contribution is -0.134. The number of nitrogens with zero attached hydrogens (tertiary/aromatic N) is 1. The van der Waals surface area contributed by atoms with Crippen molar-refractivity contribution in [3.8, 4) is 0 Å². The minimum atomic E-state index is 0.177. The summed E-state index contributed by atoms with van der Waals surface area (Å²) in [6, 6.07) is 0.277. The Morgan fingerprint density at radius 2 is 2.29 bits per heavy atom. The van der Waals surface area contributed by atoms with Crippen LogP contribution in [0.4, 0.5) is 0 Å². The van der Waals surface area contributed by atoms with Crippen LogP contribution in [0.15, 0.2) is 0 Å². The standard InChI is InChI=1S/C12H22N2OS2/c1-9-2-3-14(10(6-9)7-13)12(15)11-8-16-4-5-17-11/h9-11H,2-8,13H2,1H3. The second-order valence-corrected chi connectivity index (χ2v) is 7.45. The van der Waals surface area contributed by atoms with E-state index in [1.807, 2.05) is 23.5 Å². The lowest BCUT2D eigenvalue weighted by Crippen LogP contribution is -2.52. The first-order chi connectivity index (χ1) is 8.22. The third-order valence-electron chi connectivity index (χ3n) is 3.62. The van der Waals surface area contributed by atoms with Crippen LogP contribution < -0.4 is 5.73 Å². The Morgan fingerprint density at radius 1 is 1.47 bits per heavy atom. The van der Waals surface area contributed by atoms with E-state index < -0.39 is 0 Å². The summed E-state index contributed by atoms with van der Waals surface area (Å²) in [4.78, 5) is 14.5. The minimum absolute atomic E-state index is 0.177. The molecule has 2 fully saturated rings. The maximum Gasteiger partial charge on any atom is 0.236 e. The average molecular weight is 274 g/mol. The number of hydrogen-bond donors (Lipinski definition) is 1. The van der Waals surface area contributed by atoms with Gasteiger partial charge < -0.3 is 10.6 Å². The van der Waals surface area contributed by atoms with E-state index in [4.69, 9.17) is 5.73 Å². The third-order valence-corrected chi connectivity index (χ3v) is 6.37. The van der Waals surface area contributed by atoms with E-state index in [0.717, 1.165) is 30.9 Å². The van der Waals surface area contributed by atoms with Crippen molar-refractivity contribution in [2.45, 2.75) is 31.1 Å². The van der Waals surface area contributed by atoms with Crippen LogP contribution in [0, 0.1) is 5.92 Å². The normalized spacial score (nSPS) is 34.7. The Balaban J connectivity index is 1.96. The molecular weight excluding hydrogens is 252 g/mol. The molecule has 1 amide bonds. The van der Waals surface area contributed by atoms with Crippen molar-refractivity contribution in [1.29, 1.82) is 0 Å². The minimum Gasteiger partial charge on any atom is -0.337 e. The van der Waals surface area contributed by atoms with E-state index in [9.17, 15) is 4.79 Å². The van der Waals surface area contributed by atoms with Crippen LogP contribution in [0.25, 0.3) is 0 Å². The Morgan fingerprint density at radius 3 is 2.94 bits per heavy atom. The highest BCUT2D eigenvalue weighted by Crippen LogP contribution is 2.29. The fraction of sp³-hybridized carbons (Fsp3) is 0.917. The van der Waals surface area contributed by atoms with Crippen LogP contribution in [-0.4, -0.2) is 52.4 Å². The van der Waals surface area contributed by atoms with E-state index >= 15 is 0 Å². The molecule has 2 rings (SSSR count). The molecule has 2 aliphatic rings. The number of piperidine rings is 1. The molecule has 2 saturated heterocycles.